The predicted octanol–water partition coefficient (Wildman–Crippen LogP) is 4.01. The van der Waals surface area contributed by atoms with E-state index in [0.717, 1.165) is 51.4 Å². The number of carboxylic acid groups (broad SMARTS) is 2. The molecule has 0 radical (unpaired) electrons. The maximum Gasteiger partial charge on any atom is 0.336 e. The number of hydrogen-bond donors (Lipinski definition) is 4. The van der Waals surface area contributed by atoms with Crippen molar-refractivity contribution in [2.75, 3.05) is 6.61 Å². The highest BCUT2D eigenvalue weighted by atomic mass is 16.4. The van der Waals surface area contributed by atoms with Crippen molar-refractivity contribution in [3.63, 3.8) is 0 Å². The van der Waals surface area contributed by atoms with Gasteiger partial charge in [-0.1, -0.05) is 51.4 Å². The molecule has 1 atom stereocenters. The Kier molecular flexibility index (Phi) is 10.6. The number of carbonyl (C=O) groups is 2. The minimum absolute atomic E-state index is 0.0229. The van der Waals surface area contributed by atoms with E-state index in [1.807, 2.05) is 0 Å². The van der Waals surface area contributed by atoms with E-state index in [0.29, 0.717) is 6.42 Å². The number of unbranched alkanes of at least 4 members (excludes halogenated alkanes) is 8. The summed E-state index contributed by atoms with van der Waals surface area (Å²) in [4.78, 5) is 22.3. The smallest absolute Gasteiger partial charge is 0.336 e. The fourth-order valence-electron chi connectivity index (χ4n) is 3.01. The third-order valence-corrected chi connectivity index (χ3v) is 4.52. The van der Waals surface area contributed by atoms with Crippen molar-refractivity contribution in [1.82, 2.24) is 0 Å². The average molecular weight is 366 g/mol. The maximum atomic E-state index is 11.3. The topological polar surface area (TPSA) is 115 Å². The van der Waals surface area contributed by atoms with E-state index in [9.17, 15) is 19.8 Å². The molecule has 146 valence electrons. The van der Waals surface area contributed by atoms with Crippen LogP contribution in [-0.4, -0.2) is 39.0 Å². The van der Waals surface area contributed by atoms with Gasteiger partial charge in [-0.05, 0) is 36.6 Å². The summed E-state index contributed by atoms with van der Waals surface area (Å²) >= 11 is 0. The first kappa shape index (κ1) is 22.1. The monoisotopic (exact) mass is 366 g/mol. The third kappa shape index (κ3) is 7.97. The number of aliphatic hydroxyl groups is 2. The second-order valence-corrected chi connectivity index (χ2v) is 6.62. The molecular formula is C20H30O6. The molecule has 0 amide bonds. The standard InChI is InChI=1S/C20H30O6/c21-13-9-7-5-3-1-2-4-6-8-10-18(22)17-14-15(19(23)24)11-12-16(17)20(25)26/h11-12,14,18,21-22H,1-10,13H2,(H,23,24)(H,25,26). The van der Waals surface area contributed by atoms with E-state index in [-0.39, 0.29) is 23.3 Å². The number of hydrogen-bond acceptors (Lipinski definition) is 4. The number of carboxylic acids is 2. The van der Waals surface area contributed by atoms with Gasteiger partial charge in [-0.3, -0.25) is 0 Å². The number of aromatic carboxylic acids is 2. The van der Waals surface area contributed by atoms with Gasteiger partial charge < -0.3 is 20.4 Å². The van der Waals surface area contributed by atoms with Crippen molar-refractivity contribution in [3.05, 3.63) is 34.9 Å². The van der Waals surface area contributed by atoms with Gasteiger partial charge in [0.1, 0.15) is 0 Å². The molecule has 0 saturated carbocycles. The second kappa shape index (κ2) is 12.4. The zero-order valence-electron chi connectivity index (χ0n) is 15.2. The lowest BCUT2D eigenvalue weighted by Gasteiger charge is -2.14. The van der Waals surface area contributed by atoms with Crippen LogP contribution < -0.4 is 0 Å². The van der Waals surface area contributed by atoms with Crippen molar-refractivity contribution < 1.29 is 30.0 Å². The molecule has 1 aromatic carbocycles. The lowest BCUT2D eigenvalue weighted by Crippen LogP contribution is -2.10. The first-order valence-corrected chi connectivity index (χ1v) is 9.36. The molecule has 0 aliphatic carbocycles. The van der Waals surface area contributed by atoms with Gasteiger partial charge >= 0.3 is 11.9 Å². The summed E-state index contributed by atoms with van der Waals surface area (Å²) in [5, 5.41) is 37.3. The summed E-state index contributed by atoms with van der Waals surface area (Å²) in [6.07, 6.45) is 8.79. The highest BCUT2D eigenvalue weighted by Crippen LogP contribution is 2.25. The Morgan fingerprint density at radius 1 is 0.808 bits per heavy atom. The van der Waals surface area contributed by atoms with Crippen molar-refractivity contribution in [1.29, 1.82) is 0 Å². The Balaban J connectivity index is 2.36. The zero-order valence-corrected chi connectivity index (χ0v) is 15.2. The van der Waals surface area contributed by atoms with Gasteiger partial charge in [-0.15, -0.1) is 0 Å². The highest BCUT2D eigenvalue weighted by Gasteiger charge is 2.19. The van der Waals surface area contributed by atoms with E-state index in [1.54, 1.807) is 0 Å². The Hall–Kier alpha value is -1.92. The SMILES string of the molecule is O=C(O)c1ccc(C(=O)O)c(C(O)CCCCCCCCCCCO)c1. The largest absolute Gasteiger partial charge is 0.478 e. The summed E-state index contributed by atoms with van der Waals surface area (Å²) in [5.74, 6) is -2.31. The highest BCUT2D eigenvalue weighted by molar-refractivity contribution is 5.93. The lowest BCUT2D eigenvalue weighted by atomic mass is 9.95. The lowest BCUT2D eigenvalue weighted by molar-refractivity contribution is 0.0674. The molecule has 4 N–H and O–H groups in total. The maximum absolute atomic E-state index is 11.3. The second-order valence-electron chi connectivity index (χ2n) is 6.62. The van der Waals surface area contributed by atoms with E-state index >= 15 is 0 Å². The van der Waals surface area contributed by atoms with Gasteiger partial charge in [-0.25, -0.2) is 9.59 Å². The number of aliphatic hydroxyl groups excluding tert-OH is 2. The first-order chi connectivity index (χ1) is 12.5. The van der Waals surface area contributed by atoms with Crippen LogP contribution in [0.5, 0.6) is 0 Å². The minimum Gasteiger partial charge on any atom is -0.478 e. The molecule has 0 aliphatic heterocycles. The fraction of sp³-hybridized carbons (Fsp3) is 0.600. The predicted molar refractivity (Wildman–Crippen MR) is 98.6 cm³/mol. The molecule has 0 spiro atoms. The fourth-order valence-corrected chi connectivity index (χ4v) is 3.01. The Morgan fingerprint density at radius 2 is 1.35 bits per heavy atom. The number of rotatable bonds is 14. The molecule has 0 bridgehead atoms. The quantitative estimate of drug-likeness (QED) is 0.370. The Morgan fingerprint density at radius 3 is 1.85 bits per heavy atom. The molecule has 1 rings (SSSR count). The molecule has 6 nitrogen and oxygen atoms in total. The molecule has 0 aromatic heterocycles. The van der Waals surface area contributed by atoms with E-state index in [4.69, 9.17) is 10.2 Å². The summed E-state index contributed by atoms with van der Waals surface area (Å²) in [7, 11) is 0. The molecule has 6 heteroatoms. The molecule has 0 aliphatic rings. The van der Waals surface area contributed by atoms with Crippen molar-refractivity contribution in [3.8, 4) is 0 Å². The van der Waals surface area contributed by atoms with E-state index in [2.05, 4.69) is 0 Å². The van der Waals surface area contributed by atoms with Crippen LogP contribution in [0.4, 0.5) is 0 Å². The molecule has 0 heterocycles. The van der Waals surface area contributed by atoms with Crippen molar-refractivity contribution in [2.45, 2.75) is 70.3 Å². The first-order valence-electron chi connectivity index (χ1n) is 9.36. The molecular weight excluding hydrogens is 336 g/mol. The van der Waals surface area contributed by atoms with E-state index < -0.39 is 18.0 Å². The van der Waals surface area contributed by atoms with Gasteiger partial charge in [0.2, 0.25) is 0 Å². The Bertz CT molecular complexity index is 569. The van der Waals surface area contributed by atoms with Crippen LogP contribution in [0.15, 0.2) is 18.2 Å². The van der Waals surface area contributed by atoms with Gasteiger partial charge in [0.05, 0.1) is 17.2 Å². The molecule has 0 fully saturated rings. The summed E-state index contributed by atoms with van der Waals surface area (Å²) in [6.45, 7) is 0.265. The molecule has 26 heavy (non-hydrogen) atoms. The Labute approximate surface area is 154 Å². The van der Waals surface area contributed by atoms with Crippen LogP contribution in [-0.2, 0) is 0 Å². The van der Waals surface area contributed by atoms with Crippen LogP contribution in [0.2, 0.25) is 0 Å². The normalized spacial score (nSPS) is 12.1. The van der Waals surface area contributed by atoms with Gasteiger partial charge in [0.15, 0.2) is 0 Å². The zero-order chi connectivity index (χ0) is 19.4. The summed E-state index contributed by atoms with van der Waals surface area (Å²) in [6, 6.07) is 3.73. The van der Waals surface area contributed by atoms with Crippen LogP contribution >= 0.6 is 0 Å². The molecule has 1 unspecified atom stereocenters. The minimum atomic E-state index is -1.17. The number of benzene rings is 1. The van der Waals surface area contributed by atoms with Gasteiger partial charge in [0.25, 0.3) is 0 Å². The van der Waals surface area contributed by atoms with Crippen molar-refractivity contribution >= 4 is 11.9 Å². The van der Waals surface area contributed by atoms with Crippen LogP contribution in [0.3, 0.4) is 0 Å². The van der Waals surface area contributed by atoms with Gasteiger partial charge in [-0.2, -0.15) is 0 Å². The molecule has 1 aromatic rings. The van der Waals surface area contributed by atoms with Crippen LogP contribution in [0.25, 0.3) is 0 Å². The van der Waals surface area contributed by atoms with Crippen molar-refractivity contribution in [2.24, 2.45) is 0 Å². The summed E-state index contributed by atoms with van der Waals surface area (Å²) < 4.78 is 0. The van der Waals surface area contributed by atoms with Crippen LogP contribution in [0.1, 0.15) is 96.6 Å². The third-order valence-electron chi connectivity index (χ3n) is 4.52. The van der Waals surface area contributed by atoms with E-state index in [1.165, 1.54) is 24.6 Å². The van der Waals surface area contributed by atoms with Gasteiger partial charge in [0, 0.05) is 6.61 Å². The average Bonchev–Trinajstić information content (AvgIpc) is 2.62. The molecule has 0 saturated heterocycles. The van der Waals surface area contributed by atoms with Crippen LogP contribution in [0, 0.1) is 0 Å². The summed E-state index contributed by atoms with van der Waals surface area (Å²) in [5.41, 5.74) is 0.0944.